The maximum Gasteiger partial charge on any atom is 0.259 e. The lowest BCUT2D eigenvalue weighted by atomic mass is 10.1. The van der Waals surface area contributed by atoms with Crippen LogP contribution in [0, 0.1) is 6.92 Å². The highest BCUT2D eigenvalue weighted by Crippen LogP contribution is 2.40. The molecule has 3 aromatic rings. The Labute approximate surface area is 160 Å². The van der Waals surface area contributed by atoms with Crippen LogP contribution in [0.5, 0.6) is 0 Å². The van der Waals surface area contributed by atoms with Crippen molar-refractivity contribution < 1.29 is 9.32 Å². The number of halogens is 2. The van der Waals surface area contributed by atoms with Crippen LogP contribution in [0.4, 0.5) is 0 Å². The van der Waals surface area contributed by atoms with Crippen molar-refractivity contribution in [1.29, 1.82) is 0 Å². The zero-order chi connectivity index (χ0) is 18.4. The van der Waals surface area contributed by atoms with E-state index in [4.69, 9.17) is 27.7 Å². The molecule has 1 aliphatic carbocycles. The van der Waals surface area contributed by atoms with Crippen molar-refractivity contribution >= 4 is 40.2 Å². The molecule has 1 amide bonds. The Morgan fingerprint density at radius 1 is 1.27 bits per heavy atom. The molecule has 2 heterocycles. The molecule has 26 heavy (non-hydrogen) atoms. The highest BCUT2D eigenvalue weighted by molar-refractivity contribution is 6.42. The number of benzene rings is 1. The van der Waals surface area contributed by atoms with Gasteiger partial charge in [0, 0.05) is 25.2 Å². The Morgan fingerprint density at radius 3 is 2.73 bits per heavy atom. The van der Waals surface area contributed by atoms with E-state index in [1.807, 2.05) is 19.1 Å². The zero-order valence-electron chi connectivity index (χ0n) is 14.4. The summed E-state index contributed by atoms with van der Waals surface area (Å²) in [6.45, 7) is 2.24. The van der Waals surface area contributed by atoms with Crippen LogP contribution >= 0.6 is 23.2 Å². The van der Waals surface area contributed by atoms with Crippen LogP contribution < -0.4 is 0 Å². The summed E-state index contributed by atoms with van der Waals surface area (Å²) >= 11 is 12.0. The smallest absolute Gasteiger partial charge is 0.259 e. The first-order chi connectivity index (χ1) is 12.4. The molecule has 134 valence electrons. The summed E-state index contributed by atoms with van der Waals surface area (Å²) in [5, 5.41) is 5.63. The minimum absolute atomic E-state index is 0.100. The first-order valence-electron chi connectivity index (χ1n) is 8.40. The van der Waals surface area contributed by atoms with Crippen LogP contribution in [-0.4, -0.2) is 28.0 Å². The third kappa shape index (κ3) is 3.17. The van der Waals surface area contributed by atoms with Crippen LogP contribution in [0.1, 0.15) is 46.1 Å². The molecule has 4 rings (SSSR count). The number of rotatable bonds is 4. The van der Waals surface area contributed by atoms with E-state index in [0.717, 1.165) is 24.1 Å². The summed E-state index contributed by atoms with van der Waals surface area (Å²) in [7, 11) is 1.76. The maximum atomic E-state index is 13.1. The molecular weight excluding hydrogens is 373 g/mol. The Balaban J connectivity index is 1.68. The molecule has 1 saturated carbocycles. The van der Waals surface area contributed by atoms with Crippen LogP contribution in [-0.2, 0) is 6.54 Å². The minimum atomic E-state index is -0.100. The van der Waals surface area contributed by atoms with Gasteiger partial charge in [-0.25, -0.2) is 4.98 Å². The number of hydrogen-bond donors (Lipinski definition) is 0. The van der Waals surface area contributed by atoms with Gasteiger partial charge in [-0.3, -0.25) is 4.79 Å². The Hall–Kier alpha value is -2.11. The first kappa shape index (κ1) is 17.3. The molecular formula is C19H17Cl2N3O2. The minimum Gasteiger partial charge on any atom is -0.337 e. The van der Waals surface area contributed by atoms with Crippen LogP contribution in [0.3, 0.4) is 0 Å². The quantitative estimate of drug-likeness (QED) is 0.630. The molecule has 7 heteroatoms. The molecule has 0 radical (unpaired) electrons. The third-order valence-electron chi connectivity index (χ3n) is 4.61. The Bertz CT molecular complexity index is 1010. The number of aromatic nitrogens is 2. The fourth-order valence-corrected chi connectivity index (χ4v) is 3.38. The Kier molecular flexibility index (Phi) is 4.37. The molecule has 0 atom stereocenters. The summed E-state index contributed by atoms with van der Waals surface area (Å²) in [5.41, 5.74) is 3.49. The number of carbonyl (C=O) groups excluding carboxylic acids is 1. The van der Waals surface area contributed by atoms with Crippen LogP contribution in [0.2, 0.25) is 10.0 Å². The van der Waals surface area contributed by atoms with Crippen molar-refractivity contribution in [3.8, 4) is 0 Å². The Morgan fingerprint density at radius 2 is 2.04 bits per heavy atom. The number of pyridine rings is 1. The van der Waals surface area contributed by atoms with Crippen LogP contribution in [0.15, 0.2) is 28.8 Å². The van der Waals surface area contributed by atoms with Gasteiger partial charge in [-0.2, -0.15) is 0 Å². The summed E-state index contributed by atoms with van der Waals surface area (Å²) in [4.78, 5) is 19.3. The van der Waals surface area contributed by atoms with E-state index in [9.17, 15) is 4.79 Å². The van der Waals surface area contributed by atoms with Crippen LogP contribution in [0.25, 0.3) is 11.1 Å². The number of nitrogens with zero attached hydrogens (tertiary/aromatic N) is 3. The lowest BCUT2D eigenvalue weighted by molar-refractivity contribution is 0.0786. The van der Waals surface area contributed by atoms with Crippen molar-refractivity contribution in [1.82, 2.24) is 15.0 Å². The van der Waals surface area contributed by atoms with Gasteiger partial charge >= 0.3 is 0 Å². The van der Waals surface area contributed by atoms with Gasteiger partial charge in [0.2, 0.25) is 0 Å². The highest BCUT2D eigenvalue weighted by atomic mass is 35.5. The van der Waals surface area contributed by atoms with Crippen molar-refractivity contribution in [3.05, 3.63) is 56.8 Å². The number of aryl methyl sites for hydroxylation is 1. The third-order valence-corrected chi connectivity index (χ3v) is 5.35. The molecule has 0 unspecified atom stereocenters. The van der Waals surface area contributed by atoms with E-state index in [0.29, 0.717) is 44.9 Å². The molecule has 1 aliphatic rings. The standard InChI is InChI=1S/C19H17Cl2N3O2/c1-10-17-13(8-16(12-4-5-12)22-18(17)26-23-10)19(25)24(2)9-11-3-6-14(20)15(21)7-11/h3,6-8,12H,4-5,9H2,1-2H3. The first-order valence-corrected chi connectivity index (χ1v) is 9.16. The van der Waals surface area contributed by atoms with Gasteiger partial charge < -0.3 is 9.42 Å². The van der Waals surface area contributed by atoms with Crippen molar-refractivity contribution in [2.24, 2.45) is 0 Å². The summed E-state index contributed by atoms with van der Waals surface area (Å²) in [6.07, 6.45) is 2.19. The van der Waals surface area contributed by atoms with Gasteiger partial charge in [0.1, 0.15) is 0 Å². The van der Waals surface area contributed by atoms with E-state index in [-0.39, 0.29) is 5.91 Å². The van der Waals surface area contributed by atoms with Crippen molar-refractivity contribution in [3.63, 3.8) is 0 Å². The van der Waals surface area contributed by atoms with Gasteiger partial charge in [-0.1, -0.05) is 34.4 Å². The topological polar surface area (TPSA) is 59.2 Å². The molecule has 2 aromatic heterocycles. The van der Waals surface area contributed by atoms with Crippen molar-refractivity contribution in [2.45, 2.75) is 32.2 Å². The van der Waals surface area contributed by atoms with Gasteiger partial charge in [0.05, 0.1) is 26.7 Å². The fourth-order valence-electron chi connectivity index (χ4n) is 3.06. The van der Waals surface area contributed by atoms with Gasteiger partial charge in [0.15, 0.2) is 0 Å². The second kappa shape index (κ2) is 6.56. The van der Waals surface area contributed by atoms with E-state index < -0.39 is 0 Å². The van der Waals surface area contributed by atoms with Gasteiger partial charge in [-0.15, -0.1) is 0 Å². The number of hydrogen-bond acceptors (Lipinski definition) is 4. The van der Waals surface area contributed by atoms with E-state index in [1.165, 1.54) is 0 Å². The lowest BCUT2D eigenvalue weighted by Crippen LogP contribution is -2.26. The average Bonchev–Trinajstić information content (AvgIpc) is 3.40. The monoisotopic (exact) mass is 389 g/mol. The second-order valence-electron chi connectivity index (χ2n) is 6.73. The van der Waals surface area contributed by atoms with Crippen molar-refractivity contribution in [2.75, 3.05) is 7.05 Å². The molecule has 1 fully saturated rings. The SMILES string of the molecule is Cc1noc2nc(C3CC3)cc(C(=O)N(C)Cc3ccc(Cl)c(Cl)c3)c12. The lowest BCUT2D eigenvalue weighted by Gasteiger charge is -2.18. The zero-order valence-corrected chi connectivity index (χ0v) is 15.9. The molecule has 0 aliphatic heterocycles. The molecule has 0 N–H and O–H groups in total. The summed E-state index contributed by atoms with van der Waals surface area (Å²) in [6, 6.07) is 7.26. The summed E-state index contributed by atoms with van der Waals surface area (Å²) in [5.74, 6) is 0.313. The normalized spacial score (nSPS) is 14.0. The molecule has 0 spiro atoms. The van der Waals surface area contributed by atoms with Gasteiger partial charge in [0.25, 0.3) is 11.6 Å². The number of amides is 1. The fraction of sp³-hybridized carbons (Fsp3) is 0.316. The molecule has 0 saturated heterocycles. The number of fused-ring (bicyclic) bond motifs is 1. The predicted octanol–water partition coefficient (Wildman–Crippen LogP) is 4.99. The largest absolute Gasteiger partial charge is 0.337 e. The van der Waals surface area contributed by atoms with E-state index >= 15 is 0 Å². The van der Waals surface area contributed by atoms with E-state index in [1.54, 1.807) is 24.1 Å². The summed E-state index contributed by atoms with van der Waals surface area (Å²) < 4.78 is 5.32. The molecule has 5 nitrogen and oxygen atoms in total. The predicted molar refractivity (Wildman–Crippen MR) is 101 cm³/mol. The molecule has 0 bridgehead atoms. The average molecular weight is 390 g/mol. The maximum absolute atomic E-state index is 13.1. The highest BCUT2D eigenvalue weighted by Gasteiger charge is 2.29. The molecule has 1 aromatic carbocycles. The van der Waals surface area contributed by atoms with E-state index in [2.05, 4.69) is 10.1 Å². The number of carbonyl (C=O) groups is 1. The van der Waals surface area contributed by atoms with Gasteiger partial charge in [-0.05, 0) is 43.5 Å². The second-order valence-corrected chi connectivity index (χ2v) is 7.54.